The first-order valence-electron chi connectivity index (χ1n) is 6.94. The van der Waals surface area contributed by atoms with Crippen LogP contribution in [0.1, 0.15) is 43.0 Å². The molecule has 19 heavy (non-hydrogen) atoms. The number of aromatic hydroxyl groups is 1. The van der Waals surface area contributed by atoms with Crippen LogP contribution in [0.4, 0.5) is 0 Å². The first-order valence-corrected chi connectivity index (χ1v) is 6.94. The molecular formula is C15H21NO3. The average Bonchev–Trinajstić information content (AvgIpc) is 3.22. The standard InChI is InChI=1S/C15H21NO3/c1-2-3-8-16-15(18)12-6-7-13(17)14(9-12)19-10-11-4-5-11/h6-7,9,11,17H,2-5,8,10H2,1H3,(H,16,18). The van der Waals surface area contributed by atoms with E-state index in [1.165, 1.54) is 18.9 Å². The van der Waals surface area contributed by atoms with E-state index in [-0.39, 0.29) is 11.7 Å². The van der Waals surface area contributed by atoms with Crippen LogP contribution in [0.15, 0.2) is 18.2 Å². The number of phenolic OH excluding ortho intramolecular Hbond substituents is 1. The molecule has 1 aliphatic rings. The number of nitrogens with one attached hydrogen (secondary N) is 1. The molecule has 1 aromatic carbocycles. The minimum Gasteiger partial charge on any atom is -0.504 e. The van der Waals surface area contributed by atoms with Crippen molar-refractivity contribution in [2.45, 2.75) is 32.6 Å². The molecule has 0 unspecified atom stereocenters. The summed E-state index contributed by atoms with van der Waals surface area (Å²) in [4.78, 5) is 11.9. The number of ether oxygens (including phenoxy) is 1. The molecule has 1 fully saturated rings. The van der Waals surface area contributed by atoms with E-state index < -0.39 is 0 Å². The predicted octanol–water partition coefficient (Wildman–Crippen LogP) is 2.71. The maximum absolute atomic E-state index is 11.9. The number of carbonyl (C=O) groups is 1. The van der Waals surface area contributed by atoms with Gasteiger partial charge in [-0.25, -0.2) is 0 Å². The quantitative estimate of drug-likeness (QED) is 0.744. The van der Waals surface area contributed by atoms with Crippen LogP contribution in [0.3, 0.4) is 0 Å². The molecular weight excluding hydrogens is 242 g/mol. The van der Waals surface area contributed by atoms with Crippen LogP contribution < -0.4 is 10.1 Å². The zero-order valence-corrected chi connectivity index (χ0v) is 11.3. The van der Waals surface area contributed by atoms with Crippen molar-refractivity contribution in [3.05, 3.63) is 23.8 Å². The Morgan fingerprint density at radius 1 is 1.47 bits per heavy atom. The van der Waals surface area contributed by atoms with Crippen molar-refractivity contribution in [1.29, 1.82) is 0 Å². The third-order valence-electron chi connectivity index (χ3n) is 3.21. The Morgan fingerprint density at radius 3 is 2.95 bits per heavy atom. The Morgan fingerprint density at radius 2 is 2.26 bits per heavy atom. The van der Waals surface area contributed by atoms with Crippen LogP contribution in [0.25, 0.3) is 0 Å². The molecule has 4 heteroatoms. The predicted molar refractivity (Wildman–Crippen MR) is 73.6 cm³/mol. The van der Waals surface area contributed by atoms with E-state index in [0.717, 1.165) is 12.8 Å². The Hall–Kier alpha value is -1.71. The lowest BCUT2D eigenvalue weighted by Gasteiger charge is -2.10. The summed E-state index contributed by atoms with van der Waals surface area (Å²) in [5, 5.41) is 12.6. The maximum Gasteiger partial charge on any atom is 0.251 e. The maximum atomic E-state index is 11.9. The molecule has 1 saturated carbocycles. The minimum absolute atomic E-state index is 0.0887. The van der Waals surface area contributed by atoms with E-state index in [2.05, 4.69) is 12.2 Å². The van der Waals surface area contributed by atoms with Gasteiger partial charge in [0.1, 0.15) is 0 Å². The lowest BCUT2D eigenvalue weighted by Crippen LogP contribution is -2.24. The molecule has 0 spiro atoms. The van der Waals surface area contributed by atoms with Gasteiger partial charge in [-0.1, -0.05) is 13.3 Å². The van der Waals surface area contributed by atoms with Crippen molar-refractivity contribution >= 4 is 5.91 Å². The number of rotatable bonds is 7. The van der Waals surface area contributed by atoms with Crippen molar-refractivity contribution in [2.75, 3.05) is 13.2 Å². The molecule has 104 valence electrons. The Labute approximate surface area is 113 Å². The van der Waals surface area contributed by atoms with Crippen LogP contribution in [-0.2, 0) is 0 Å². The van der Waals surface area contributed by atoms with Crippen molar-refractivity contribution in [3.8, 4) is 11.5 Å². The van der Waals surface area contributed by atoms with Gasteiger partial charge in [0.2, 0.25) is 0 Å². The molecule has 0 aliphatic heterocycles. The number of phenols is 1. The van der Waals surface area contributed by atoms with Gasteiger partial charge in [-0.15, -0.1) is 0 Å². The Kier molecular flexibility index (Phi) is 4.66. The number of unbranched alkanes of at least 4 members (excludes halogenated alkanes) is 1. The molecule has 1 amide bonds. The van der Waals surface area contributed by atoms with Gasteiger partial charge in [0.25, 0.3) is 5.91 Å². The Balaban J connectivity index is 1.95. The van der Waals surface area contributed by atoms with Gasteiger partial charge in [0.05, 0.1) is 6.61 Å². The van der Waals surface area contributed by atoms with E-state index in [4.69, 9.17) is 4.74 Å². The smallest absolute Gasteiger partial charge is 0.251 e. The second-order valence-electron chi connectivity index (χ2n) is 5.05. The molecule has 0 aromatic heterocycles. The highest BCUT2D eigenvalue weighted by molar-refractivity contribution is 5.94. The number of hydrogen-bond acceptors (Lipinski definition) is 3. The summed E-state index contributed by atoms with van der Waals surface area (Å²) in [5.41, 5.74) is 0.528. The van der Waals surface area contributed by atoms with Gasteiger partial charge in [0, 0.05) is 12.1 Å². The van der Waals surface area contributed by atoms with E-state index >= 15 is 0 Å². The highest BCUT2D eigenvalue weighted by Gasteiger charge is 2.22. The second-order valence-corrected chi connectivity index (χ2v) is 5.05. The van der Waals surface area contributed by atoms with Crippen LogP contribution in [0.5, 0.6) is 11.5 Å². The van der Waals surface area contributed by atoms with Crippen LogP contribution in [-0.4, -0.2) is 24.2 Å². The minimum atomic E-state index is -0.121. The van der Waals surface area contributed by atoms with Crippen LogP contribution >= 0.6 is 0 Å². The lowest BCUT2D eigenvalue weighted by atomic mass is 10.2. The first-order chi connectivity index (χ1) is 9.20. The second kappa shape index (κ2) is 6.45. The molecule has 2 N–H and O–H groups in total. The van der Waals surface area contributed by atoms with Crippen LogP contribution in [0.2, 0.25) is 0 Å². The summed E-state index contributed by atoms with van der Waals surface area (Å²) >= 11 is 0. The normalized spacial score (nSPS) is 14.2. The van der Waals surface area contributed by atoms with Gasteiger partial charge in [-0.3, -0.25) is 4.79 Å². The van der Waals surface area contributed by atoms with Gasteiger partial charge in [-0.2, -0.15) is 0 Å². The van der Waals surface area contributed by atoms with Crippen molar-refractivity contribution in [2.24, 2.45) is 5.92 Å². The molecule has 0 radical (unpaired) electrons. The summed E-state index contributed by atoms with van der Waals surface area (Å²) in [6.45, 7) is 3.37. The zero-order chi connectivity index (χ0) is 13.7. The lowest BCUT2D eigenvalue weighted by molar-refractivity contribution is 0.0952. The number of carbonyl (C=O) groups excluding carboxylic acids is 1. The third-order valence-corrected chi connectivity index (χ3v) is 3.21. The number of hydrogen-bond donors (Lipinski definition) is 2. The number of amides is 1. The number of benzene rings is 1. The molecule has 0 atom stereocenters. The fourth-order valence-corrected chi connectivity index (χ4v) is 1.74. The summed E-state index contributed by atoms with van der Waals surface area (Å²) in [6.07, 6.45) is 4.40. The fraction of sp³-hybridized carbons (Fsp3) is 0.533. The van der Waals surface area contributed by atoms with Gasteiger partial charge < -0.3 is 15.2 Å². The highest BCUT2D eigenvalue weighted by Crippen LogP contribution is 2.32. The molecule has 1 aromatic rings. The van der Waals surface area contributed by atoms with E-state index in [9.17, 15) is 9.90 Å². The highest BCUT2D eigenvalue weighted by atomic mass is 16.5. The fourth-order valence-electron chi connectivity index (χ4n) is 1.74. The summed E-state index contributed by atoms with van der Waals surface area (Å²) in [6, 6.07) is 4.73. The van der Waals surface area contributed by atoms with Gasteiger partial charge in [0.15, 0.2) is 11.5 Å². The van der Waals surface area contributed by atoms with E-state index in [1.54, 1.807) is 12.1 Å². The molecule has 2 rings (SSSR count). The molecule has 4 nitrogen and oxygen atoms in total. The van der Waals surface area contributed by atoms with Crippen molar-refractivity contribution in [1.82, 2.24) is 5.32 Å². The third kappa shape index (κ3) is 4.16. The van der Waals surface area contributed by atoms with Crippen molar-refractivity contribution in [3.63, 3.8) is 0 Å². The van der Waals surface area contributed by atoms with Crippen LogP contribution in [0, 0.1) is 5.92 Å². The summed E-state index contributed by atoms with van der Waals surface area (Å²) in [5.74, 6) is 0.979. The van der Waals surface area contributed by atoms with Gasteiger partial charge >= 0.3 is 0 Å². The average molecular weight is 263 g/mol. The molecule has 0 saturated heterocycles. The Bertz CT molecular complexity index is 441. The molecule has 1 aliphatic carbocycles. The van der Waals surface area contributed by atoms with Crippen molar-refractivity contribution < 1.29 is 14.6 Å². The summed E-state index contributed by atoms with van der Waals surface area (Å²) < 4.78 is 5.55. The topological polar surface area (TPSA) is 58.6 Å². The summed E-state index contributed by atoms with van der Waals surface area (Å²) in [7, 11) is 0. The monoisotopic (exact) mass is 263 g/mol. The first kappa shape index (κ1) is 13.7. The van der Waals surface area contributed by atoms with E-state index in [1.807, 2.05) is 0 Å². The SMILES string of the molecule is CCCCNC(=O)c1ccc(O)c(OCC2CC2)c1. The molecule has 0 heterocycles. The van der Waals surface area contributed by atoms with Gasteiger partial charge in [-0.05, 0) is 43.4 Å². The zero-order valence-electron chi connectivity index (χ0n) is 11.3. The largest absolute Gasteiger partial charge is 0.504 e. The molecule has 0 bridgehead atoms. The van der Waals surface area contributed by atoms with E-state index in [0.29, 0.717) is 30.4 Å².